The molecule has 0 amide bonds. The second-order valence-electron chi connectivity index (χ2n) is 29.0. The van der Waals surface area contributed by atoms with E-state index in [4.69, 9.17) is 13.3 Å². The first-order valence-corrected chi connectivity index (χ1v) is 40.4. The fourth-order valence-corrected chi connectivity index (χ4v) is 24.1. The first-order chi connectivity index (χ1) is 51.1. The molecule has 12 heteroatoms. The lowest BCUT2D eigenvalue weighted by Gasteiger charge is -2.09. The van der Waals surface area contributed by atoms with E-state index in [9.17, 15) is 0 Å². The van der Waals surface area contributed by atoms with Crippen molar-refractivity contribution < 1.29 is 13.3 Å². The SMILES string of the molecule is Cc1ccc(-n2c3cc(C)ccc3c3oc4cc5c(cc4c32)sc2c3ccc(C)cc3sc52)cc1.Cc1ccc(-n2c3cc(C)ccc3c3sc4cc5c(cc4c32)sc2c3ccc(C)cc3oc52)cc1.Cc1ccc(-n2c3cc4c(cc3c3sc5cc(C)ccc5c32)oc2c3ccc(C)cc3sc42)cc1. The van der Waals surface area contributed by atoms with E-state index < -0.39 is 0 Å². The normalized spacial score (nSPS) is 12.4. The molecule has 0 fully saturated rings. The van der Waals surface area contributed by atoms with Crippen LogP contribution < -0.4 is 0 Å². The van der Waals surface area contributed by atoms with Crippen LogP contribution in [-0.4, -0.2) is 13.7 Å². The average Bonchev–Trinajstić information content (AvgIpc) is 1.55. The topological polar surface area (TPSA) is 54.2 Å². The first-order valence-electron chi connectivity index (χ1n) is 35.5. The van der Waals surface area contributed by atoms with Gasteiger partial charge in [0.2, 0.25) is 0 Å². The fourth-order valence-electron chi connectivity index (χ4n) is 16.3. The molecule has 0 aliphatic heterocycles. The Balaban J connectivity index is 0.0000000986. The summed E-state index contributed by atoms with van der Waals surface area (Å²) in [6.07, 6.45) is 0. The standard InChI is InChI=1S/3C31H21NOS2/c1-16-4-8-19(9-5-16)32-24-14-23-25(33-29-21-11-7-18(3)13-27(21)35-31(23)29)15-22(24)30-28(32)20-10-6-17(2)12-26(20)34-30;1-16-4-8-19(9-5-16)32-24-12-17(2)6-10-20(24)29-28(32)22-15-27-23(14-25(22)33-29)31-30(35-27)21-11-7-18(3)13-26(21)34-31;1-16-4-8-19(9-5-16)32-24-12-17(2)6-10-20(24)30-28(32)22-14-27-23(15-26(22)34-30)29-31(35-27)21-11-7-18(3)13-25(21)33-29/h3*4-15H,1-3H3. The summed E-state index contributed by atoms with van der Waals surface area (Å²) >= 11 is 11.3. The van der Waals surface area contributed by atoms with Crippen LogP contribution in [0.1, 0.15) is 50.1 Å². The third kappa shape index (κ3) is 9.27. The van der Waals surface area contributed by atoms with Crippen LogP contribution in [-0.2, 0) is 0 Å². The Bertz CT molecular complexity index is 7530. The molecule has 0 aliphatic rings. The molecule has 0 N–H and O–H groups in total. The molecule has 6 nitrogen and oxygen atoms in total. The van der Waals surface area contributed by atoms with Crippen LogP contribution in [0.15, 0.2) is 232 Å². The van der Waals surface area contributed by atoms with Gasteiger partial charge in [0.25, 0.3) is 0 Å². The third-order valence-corrected chi connectivity index (χ3v) is 28.7. The Labute approximate surface area is 625 Å². The molecule has 24 rings (SSSR count). The van der Waals surface area contributed by atoms with Gasteiger partial charge < -0.3 is 27.0 Å². The lowest BCUT2D eigenvalue weighted by Crippen LogP contribution is -1.94. The van der Waals surface area contributed by atoms with Gasteiger partial charge in [-0.15, -0.1) is 68.0 Å². The van der Waals surface area contributed by atoms with Gasteiger partial charge in [-0.2, -0.15) is 0 Å². The Hall–Kier alpha value is -10.8. The minimum absolute atomic E-state index is 0.958. The van der Waals surface area contributed by atoms with Crippen LogP contribution in [0.2, 0.25) is 0 Å². The molecule has 12 aromatic carbocycles. The van der Waals surface area contributed by atoms with Crippen molar-refractivity contribution in [1.29, 1.82) is 0 Å². The fraction of sp³-hybridized carbons (Fsp3) is 0.0968. The van der Waals surface area contributed by atoms with E-state index in [0.29, 0.717) is 0 Å². The van der Waals surface area contributed by atoms with E-state index in [1.165, 1.54) is 205 Å². The predicted molar refractivity (Wildman–Crippen MR) is 459 cm³/mol. The quantitative estimate of drug-likeness (QED) is 0.177. The van der Waals surface area contributed by atoms with Gasteiger partial charge in [0, 0.05) is 110 Å². The Kier molecular flexibility index (Phi) is 13.3. The van der Waals surface area contributed by atoms with Gasteiger partial charge in [0.05, 0.1) is 55.8 Å². The third-order valence-electron chi connectivity index (χ3n) is 21.5. The highest BCUT2D eigenvalue weighted by atomic mass is 32.1. The number of hydrogen-bond acceptors (Lipinski definition) is 9. The largest absolute Gasteiger partial charge is 0.454 e. The van der Waals surface area contributed by atoms with Crippen LogP contribution >= 0.6 is 68.0 Å². The van der Waals surface area contributed by atoms with Gasteiger partial charge >= 0.3 is 0 Å². The zero-order chi connectivity index (χ0) is 70.3. The van der Waals surface area contributed by atoms with Gasteiger partial charge in [0.1, 0.15) is 22.3 Å². The summed E-state index contributed by atoms with van der Waals surface area (Å²) in [5.41, 5.74) is 28.4. The minimum atomic E-state index is 0.958. The average molecular weight is 1460 g/mol. The van der Waals surface area contributed by atoms with Crippen LogP contribution in [0, 0.1) is 62.3 Å². The number of hydrogen-bond donors (Lipinski definition) is 0. The number of fused-ring (bicyclic) bond motifs is 30. The van der Waals surface area contributed by atoms with Gasteiger partial charge in [-0.3, -0.25) is 0 Å². The highest BCUT2D eigenvalue weighted by molar-refractivity contribution is 7.36. The highest BCUT2D eigenvalue weighted by Crippen LogP contribution is 2.52. The zero-order valence-electron chi connectivity index (χ0n) is 58.8. The summed E-state index contributed by atoms with van der Waals surface area (Å²) in [6, 6.07) is 80.8. The van der Waals surface area contributed by atoms with E-state index in [1.807, 2.05) is 68.0 Å². The number of aryl methyl sites for hydroxylation is 9. The summed E-state index contributed by atoms with van der Waals surface area (Å²) < 4.78 is 42.7. The molecule has 12 heterocycles. The van der Waals surface area contributed by atoms with Crippen molar-refractivity contribution in [3.05, 3.63) is 268 Å². The monoisotopic (exact) mass is 1460 g/mol. The molecule has 0 saturated heterocycles. The molecule has 504 valence electrons. The maximum absolute atomic E-state index is 6.64. The molecule has 24 aromatic rings. The molecule has 0 saturated carbocycles. The number of thiophene rings is 6. The Morgan fingerprint density at radius 3 is 1.18 bits per heavy atom. The molecule has 105 heavy (non-hydrogen) atoms. The first kappa shape index (κ1) is 61.7. The van der Waals surface area contributed by atoms with E-state index in [2.05, 4.69) is 294 Å². The van der Waals surface area contributed by atoms with Gasteiger partial charge in [0.15, 0.2) is 16.7 Å². The summed E-state index contributed by atoms with van der Waals surface area (Å²) in [7, 11) is 0. The van der Waals surface area contributed by atoms with Gasteiger partial charge in [-0.05, 0) is 223 Å². The molecule has 0 bridgehead atoms. The van der Waals surface area contributed by atoms with Crippen molar-refractivity contribution in [2.24, 2.45) is 0 Å². The van der Waals surface area contributed by atoms with Crippen molar-refractivity contribution in [2.75, 3.05) is 0 Å². The second kappa shape index (κ2) is 22.6. The van der Waals surface area contributed by atoms with Crippen molar-refractivity contribution in [3.8, 4) is 17.1 Å². The summed E-state index contributed by atoms with van der Waals surface area (Å²) in [6.45, 7) is 19.3. The van der Waals surface area contributed by atoms with Crippen molar-refractivity contribution >= 4 is 256 Å². The summed E-state index contributed by atoms with van der Waals surface area (Å²) in [5, 5.41) is 15.0. The Morgan fingerprint density at radius 1 is 0.200 bits per heavy atom. The number of rotatable bonds is 3. The maximum Gasteiger partial charge on any atom is 0.161 e. The van der Waals surface area contributed by atoms with Crippen LogP contribution in [0.4, 0.5) is 0 Å². The van der Waals surface area contributed by atoms with Crippen LogP contribution in [0.25, 0.3) is 205 Å². The number of furan rings is 3. The van der Waals surface area contributed by atoms with E-state index in [1.54, 1.807) is 0 Å². The molecular formula is C93H63N3O3S6. The molecule has 0 spiro atoms. The Morgan fingerprint density at radius 2 is 0.552 bits per heavy atom. The van der Waals surface area contributed by atoms with Gasteiger partial charge in [-0.25, -0.2) is 0 Å². The lowest BCUT2D eigenvalue weighted by atomic mass is 10.1. The molecule has 0 aliphatic carbocycles. The van der Waals surface area contributed by atoms with E-state index in [0.717, 1.165) is 50.1 Å². The zero-order valence-corrected chi connectivity index (χ0v) is 63.7. The van der Waals surface area contributed by atoms with Crippen LogP contribution in [0.5, 0.6) is 0 Å². The van der Waals surface area contributed by atoms with E-state index in [-0.39, 0.29) is 0 Å². The number of nitrogens with zero attached hydrogens (tertiary/aromatic N) is 3. The van der Waals surface area contributed by atoms with Crippen molar-refractivity contribution in [1.82, 2.24) is 13.7 Å². The molecule has 12 aromatic heterocycles. The van der Waals surface area contributed by atoms with Crippen molar-refractivity contribution in [2.45, 2.75) is 62.3 Å². The van der Waals surface area contributed by atoms with Gasteiger partial charge in [-0.1, -0.05) is 108 Å². The number of aromatic nitrogens is 3. The lowest BCUT2D eigenvalue weighted by molar-refractivity contribution is 0.672. The second-order valence-corrected chi connectivity index (χ2v) is 35.3. The molecule has 0 atom stereocenters. The number of benzene rings is 12. The van der Waals surface area contributed by atoms with Crippen molar-refractivity contribution in [3.63, 3.8) is 0 Å². The maximum atomic E-state index is 6.64. The summed E-state index contributed by atoms with van der Waals surface area (Å²) in [4.78, 5) is 0. The highest BCUT2D eigenvalue weighted by Gasteiger charge is 2.27. The smallest absolute Gasteiger partial charge is 0.161 e. The predicted octanol–water partition coefficient (Wildman–Crippen LogP) is 30.1. The van der Waals surface area contributed by atoms with Crippen LogP contribution in [0.3, 0.4) is 0 Å². The molecule has 0 unspecified atom stereocenters. The minimum Gasteiger partial charge on any atom is -0.454 e. The summed E-state index contributed by atoms with van der Waals surface area (Å²) in [5.74, 6) is 0. The molecular weight excluding hydrogens is 1400 g/mol. The van der Waals surface area contributed by atoms with E-state index >= 15 is 0 Å². The molecule has 0 radical (unpaired) electrons.